The summed E-state index contributed by atoms with van der Waals surface area (Å²) in [5.74, 6) is 0.580. The third-order valence-electron chi connectivity index (χ3n) is 4.55. The Morgan fingerprint density at radius 3 is 2.41 bits per heavy atom. The second-order valence-electron chi connectivity index (χ2n) is 5.71. The maximum Gasteiger partial charge on any atom is 0.536 e. The van der Waals surface area contributed by atoms with Crippen LogP contribution in [-0.4, -0.2) is 35.9 Å². The van der Waals surface area contributed by atoms with Gasteiger partial charge < -0.3 is 22.8 Å². The van der Waals surface area contributed by atoms with Crippen molar-refractivity contribution in [2.45, 2.75) is 39.6 Å². The summed E-state index contributed by atoms with van der Waals surface area (Å²) in [6.07, 6.45) is 0.997. The molecule has 2 unspecified atom stereocenters. The van der Waals surface area contributed by atoms with Gasteiger partial charge in [-0.2, -0.15) is 0 Å². The number of hydrogen-bond acceptors (Lipinski definition) is 5. The minimum absolute atomic E-state index is 0.311. The van der Waals surface area contributed by atoms with Crippen molar-refractivity contribution in [2.24, 2.45) is 5.92 Å². The van der Waals surface area contributed by atoms with E-state index in [2.05, 4.69) is 13.8 Å². The second-order valence-corrected chi connectivity index (χ2v) is 8.62. The molecular weight excluding hydrogens is 300 g/mol. The van der Waals surface area contributed by atoms with Gasteiger partial charge in [-0.1, -0.05) is 19.9 Å². The first-order valence-corrected chi connectivity index (χ1v) is 9.29. The molecule has 0 spiro atoms. The van der Waals surface area contributed by atoms with Crippen molar-refractivity contribution in [3.05, 3.63) is 23.8 Å². The molecule has 0 aromatic heterocycles. The first-order valence-electron chi connectivity index (χ1n) is 7.56. The molecule has 0 fully saturated rings. The largest absolute Gasteiger partial charge is 0.536 e. The number of benzene rings is 1. The minimum atomic E-state index is -2.83. The van der Waals surface area contributed by atoms with Crippen LogP contribution >= 0.6 is 0 Å². The highest BCUT2D eigenvalue weighted by molar-refractivity contribution is 6.75. The molecule has 2 atom stereocenters. The Kier molecular flexibility index (Phi) is 5.29. The van der Waals surface area contributed by atoms with E-state index in [9.17, 15) is 0 Å². The van der Waals surface area contributed by atoms with Crippen molar-refractivity contribution in [1.82, 2.24) is 0 Å². The van der Waals surface area contributed by atoms with Crippen molar-refractivity contribution in [3.63, 3.8) is 0 Å². The summed E-state index contributed by atoms with van der Waals surface area (Å²) in [6.45, 7) is 6.78. The van der Waals surface area contributed by atoms with Crippen LogP contribution in [0.3, 0.4) is 0 Å². The highest BCUT2D eigenvalue weighted by atomic mass is 28.4. The van der Waals surface area contributed by atoms with Crippen LogP contribution in [0, 0.1) is 5.92 Å². The fraction of sp³-hybridized carbons (Fsp3) is 0.625. The normalized spacial score (nSPS) is 22.8. The molecule has 0 aliphatic carbocycles. The maximum atomic E-state index is 6.11. The average molecular weight is 326 g/mol. The van der Waals surface area contributed by atoms with Crippen molar-refractivity contribution in [3.8, 4) is 5.75 Å². The van der Waals surface area contributed by atoms with E-state index in [1.165, 1.54) is 0 Å². The van der Waals surface area contributed by atoms with E-state index in [-0.39, 0.29) is 0 Å². The van der Waals surface area contributed by atoms with Crippen molar-refractivity contribution in [2.75, 3.05) is 21.3 Å². The van der Waals surface area contributed by atoms with Gasteiger partial charge in [0.05, 0.1) is 6.61 Å². The van der Waals surface area contributed by atoms with Crippen molar-refractivity contribution in [1.29, 1.82) is 0 Å². The van der Waals surface area contributed by atoms with Crippen molar-refractivity contribution >= 4 is 14.0 Å². The summed E-state index contributed by atoms with van der Waals surface area (Å²) in [7, 11) is 1.98. The van der Waals surface area contributed by atoms with E-state index in [0.29, 0.717) is 12.5 Å². The third-order valence-corrected chi connectivity index (χ3v) is 7.19. The molecule has 0 N–H and O–H groups in total. The number of rotatable bonds is 6. The van der Waals surface area contributed by atoms with Gasteiger partial charge in [-0.3, -0.25) is 0 Å². The molecule has 1 aromatic rings. The van der Waals surface area contributed by atoms with Gasteiger partial charge >= 0.3 is 8.80 Å². The number of ether oxygens (including phenoxy) is 2. The Balaban J connectivity index is 2.32. The molecule has 0 saturated carbocycles. The molecular formula is C16H26O5Si. The summed E-state index contributed by atoms with van der Waals surface area (Å²) >= 11 is 0. The molecule has 0 amide bonds. The molecule has 0 bridgehead atoms. The van der Waals surface area contributed by atoms with Crippen LogP contribution in [0.4, 0.5) is 0 Å². The summed E-state index contributed by atoms with van der Waals surface area (Å²) in [6, 6.07) is 5.89. The fourth-order valence-corrected chi connectivity index (χ4v) is 4.51. The lowest BCUT2D eigenvalue weighted by molar-refractivity contribution is -0.223. The molecule has 2 rings (SSSR count). The van der Waals surface area contributed by atoms with E-state index in [1.807, 2.05) is 25.1 Å². The quantitative estimate of drug-likeness (QED) is 0.752. The Hall–Kier alpha value is -0.923. The van der Waals surface area contributed by atoms with Gasteiger partial charge in [0.15, 0.2) is 0 Å². The monoisotopic (exact) mass is 326 g/mol. The van der Waals surface area contributed by atoms with Crippen LogP contribution in [0.2, 0.25) is 0 Å². The molecule has 0 radical (unpaired) electrons. The van der Waals surface area contributed by atoms with E-state index in [0.717, 1.165) is 22.9 Å². The molecule has 5 nitrogen and oxygen atoms in total. The molecule has 0 saturated heterocycles. The number of hydrogen-bond donors (Lipinski definition) is 0. The van der Waals surface area contributed by atoms with Crippen LogP contribution in [-0.2, 0) is 24.6 Å². The predicted octanol–water partition coefficient (Wildman–Crippen LogP) is 2.44. The van der Waals surface area contributed by atoms with Gasteiger partial charge in [-0.05, 0) is 18.6 Å². The van der Waals surface area contributed by atoms with E-state index >= 15 is 0 Å². The topological polar surface area (TPSA) is 46.2 Å². The van der Waals surface area contributed by atoms with Gasteiger partial charge in [0.25, 0.3) is 0 Å². The zero-order valence-corrected chi connectivity index (χ0v) is 15.3. The first-order chi connectivity index (χ1) is 10.4. The summed E-state index contributed by atoms with van der Waals surface area (Å²) in [5.41, 5.74) is 0.987. The lowest BCUT2D eigenvalue weighted by Gasteiger charge is -2.40. The molecule has 124 valence electrons. The highest BCUT2D eigenvalue weighted by Gasteiger charge is 2.43. The van der Waals surface area contributed by atoms with Gasteiger partial charge in [0.2, 0.25) is 5.79 Å². The van der Waals surface area contributed by atoms with E-state index < -0.39 is 14.6 Å². The first kappa shape index (κ1) is 17.4. The van der Waals surface area contributed by atoms with Gasteiger partial charge in [0.1, 0.15) is 5.75 Å². The Bertz CT molecular complexity index is 509. The third kappa shape index (κ3) is 2.94. The Morgan fingerprint density at radius 2 is 1.86 bits per heavy atom. The van der Waals surface area contributed by atoms with Gasteiger partial charge in [-0.25, -0.2) is 0 Å². The molecule has 1 heterocycles. The zero-order chi connectivity index (χ0) is 16.4. The standard InChI is InChI=1S/C16H26O5Si/c1-7-12(2)16(3)20-11-13-10-14(8-9-15(13)21-16)22(17-4,18-5)19-6/h8-10,12H,7,11H2,1-6H3. The molecule has 1 aliphatic rings. The molecule has 1 aromatic carbocycles. The minimum Gasteiger partial charge on any atom is -0.462 e. The SMILES string of the molecule is CCC(C)C1(C)OCc2cc([Si](OC)(OC)OC)ccc2O1. The van der Waals surface area contributed by atoms with E-state index in [1.54, 1.807) is 21.3 Å². The van der Waals surface area contributed by atoms with Crippen molar-refractivity contribution < 1.29 is 22.8 Å². The summed E-state index contributed by atoms with van der Waals surface area (Å²) in [5, 5.41) is 0.901. The van der Waals surface area contributed by atoms with Gasteiger partial charge in [-0.15, -0.1) is 0 Å². The smallest absolute Gasteiger partial charge is 0.462 e. The lowest BCUT2D eigenvalue weighted by Crippen LogP contribution is -2.55. The maximum absolute atomic E-state index is 6.11. The molecule has 6 heteroatoms. The average Bonchev–Trinajstić information content (AvgIpc) is 2.56. The van der Waals surface area contributed by atoms with Crippen LogP contribution in [0.25, 0.3) is 0 Å². The second kappa shape index (κ2) is 6.68. The Morgan fingerprint density at radius 1 is 1.23 bits per heavy atom. The summed E-state index contributed by atoms with van der Waals surface area (Å²) < 4.78 is 28.7. The highest BCUT2D eigenvalue weighted by Crippen LogP contribution is 2.36. The summed E-state index contributed by atoms with van der Waals surface area (Å²) in [4.78, 5) is 0. The van der Waals surface area contributed by atoms with Crippen LogP contribution in [0.5, 0.6) is 5.75 Å². The van der Waals surface area contributed by atoms with E-state index in [4.69, 9.17) is 22.8 Å². The lowest BCUT2D eigenvalue weighted by atomic mass is 9.98. The Labute approximate surface area is 133 Å². The van der Waals surface area contributed by atoms with Crippen LogP contribution in [0.15, 0.2) is 18.2 Å². The fourth-order valence-electron chi connectivity index (χ4n) is 2.67. The number of fused-ring (bicyclic) bond motifs is 1. The molecule has 1 aliphatic heterocycles. The van der Waals surface area contributed by atoms with Crippen LogP contribution in [0.1, 0.15) is 32.8 Å². The predicted molar refractivity (Wildman–Crippen MR) is 86.1 cm³/mol. The zero-order valence-electron chi connectivity index (χ0n) is 14.3. The van der Waals surface area contributed by atoms with Crippen LogP contribution < -0.4 is 9.92 Å². The van der Waals surface area contributed by atoms with Gasteiger partial charge in [0, 0.05) is 44.9 Å². The molecule has 22 heavy (non-hydrogen) atoms.